The van der Waals surface area contributed by atoms with Crippen LogP contribution in [0.4, 0.5) is 0 Å². The molecular weight excluding hydrogens is 204 g/mol. The van der Waals surface area contributed by atoms with Gasteiger partial charge in [0, 0.05) is 12.8 Å². The number of esters is 1. The summed E-state index contributed by atoms with van der Waals surface area (Å²) in [5, 5.41) is 9.47. The molecule has 0 fully saturated rings. The molecule has 0 heterocycles. The summed E-state index contributed by atoms with van der Waals surface area (Å²) in [6.07, 6.45) is 5.29. The fourth-order valence-electron chi connectivity index (χ4n) is 1.27. The van der Waals surface area contributed by atoms with Crippen LogP contribution in [0.5, 0.6) is 0 Å². The first kappa shape index (κ1) is 15.0. The number of hydrogen-bond acceptors (Lipinski definition) is 3. The predicted molar refractivity (Wildman–Crippen MR) is 63.8 cm³/mol. The summed E-state index contributed by atoms with van der Waals surface area (Å²) in [4.78, 5) is 10.8. The second-order valence-corrected chi connectivity index (χ2v) is 3.76. The molecule has 0 aliphatic rings. The van der Waals surface area contributed by atoms with Gasteiger partial charge in [0.1, 0.15) is 6.10 Å². The van der Waals surface area contributed by atoms with Crippen LogP contribution in [0.15, 0.2) is 0 Å². The number of ether oxygens (including phenoxy) is 1. The predicted octanol–water partition coefficient (Wildman–Crippen LogP) is 2.27. The first-order chi connectivity index (χ1) is 7.70. The van der Waals surface area contributed by atoms with Crippen LogP contribution in [-0.4, -0.2) is 24.3 Å². The van der Waals surface area contributed by atoms with Gasteiger partial charge in [-0.1, -0.05) is 25.7 Å². The Morgan fingerprint density at radius 1 is 1.38 bits per heavy atom. The molecule has 0 radical (unpaired) electrons. The van der Waals surface area contributed by atoms with E-state index < -0.39 is 6.10 Å². The lowest BCUT2D eigenvalue weighted by Gasteiger charge is -2.01. The first-order valence-corrected chi connectivity index (χ1v) is 5.94. The SMILES string of the molecule is CCCCC[C@@H](O)C#CCCCC(=O)OC. The molecule has 0 saturated carbocycles. The zero-order valence-electron chi connectivity index (χ0n) is 10.3. The smallest absolute Gasteiger partial charge is 0.305 e. The van der Waals surface area contributed by atoms with Gasteiger partial charge in [0.05, 0.1) is 7.11 Å². The van der Waals surface area contributed by atoms with Crippen molar-refractivity contribution in [2.24, 2.45) is 0 Å². The molecule has 0 bridgehead atoms. The van der Waals surface area contributed by atoms with Crippen LogP contribution in [0.1, 0.15) is 51.9 Å². The van der Waals surface area contributed by atoms with Gasteiger partial charge >= 0.3 is 5.97 Å². The maximum absolute atomic E-state index is 10.8. The van der Waals surface area contributed by atoms with Gasteiger partial charge in [-0.05, 0) is 19.3 Å². The molecule has 92 valence electrons. The fraction of sp³-hybridized carbons (Fsp3) is 0.769. The number of aliphatic hydroxyl groups is 1. The average molecular weight is 226 g/mol. The molecular formula is C13H22O3. The zero-order chi connectivity index (χ0) is 12.2. The number of hydrogen-bond donors (Lipinski definition) is 1. The molecule has 0 unspecified atom stereocenters. The Bertz CT molecular complexity index is 237. The standard InChI is InChI=1S/C13H22O3/c1-3-4-6-9-12(14)10-7-5-8-11-13(15)16-2/h12,14H,3-6,8-9,11H2,1-2H3/t12-/m1/s1. The van der Waals surface area contributed by atoms with E-state index in [9.17, 15) is 9.90 Å². The molecule has 0 amide bonds. The molecule has 3 heteroatoms. The highest BCUT2D eigenvalue weighted by molar-refractivity contribution is 5.69. The monoisotopic (exact) mass is 226 g/mol. The van der Waals surface area contributed by atoms with Gasteiger partial charge in [-0.3, -0.25) is 4.79 Å². The van der Waals surface area contributed by atoms with Gasteiger partial charge in [-0.25, -0.2) is 0 Å². The van der Waals surface area contributed by atoms with Crippen LogP contribution in [0, 0.1) is 11.8 Å². The maximum atomic E-state index is 10.8. The molecule has 1 atom stereocenters. The molecule has 1 N–H and O–H groups in total. The van der Waals surface area contributed by atoms with Crippen LogP contribution in [0.25, 0.3) is 0 Å². The molecule has 0 aromatic carbocycles. The van der Waals surface area contributed by atoms with E-state index in [4.69, 9.17) is 0 Å². The third-order valence-electron chi connectivity index (χ3n) is 2.26. The van der Waals surface area contributed by atoms with Gasteiger partial charge in [0.2, 0.25) is 0 Å². The van der Waals surface area contributed by atoms with Crippen molar-refractivity contribution in [3.05, 3.63) is 0 Å². The number of carbonyl (C=O) groups excluding carboxylic acids is 1. The summed E-state index contributed by atoms with van der Waals surface area (Å²) < 4.78 is 4.51. The quantitative estimate of drug-likeness (QED) is 0.411. The summed E-state index contributed by atoms with van der Waals surface area (Å²) in [5.74, 6) is 5.47. The first-order valence-electron chi connectivity index (χ1n) is 5.94. The summed E-state index contributed by atoms with van der Waals surface area (Å²) in [6, 6.07) is 0. The fourth-order valence-corrected chi connectivity index (χ4v) is 1.27. The zero-order valence-corrected chi connectivity index (χ0v) is 10.3. The largest absolute Gasteiger partial charge is 0.469 e. The summed E-state index contributed by atoms with van der Waals surface area (Å²) in [7, 11) is 1.38. The molecule has 0 aromatic rings. The summed E-state index contributed by atoms with van der Waals surface area (Å²) in [5.41, 5.74) is 0. The topological polar surface area (TPSA) is 46.5 Å². The van der Waals surface area contributed by atoms with Gasteiger partial charge in [0.15, 0.2) is 0 Å². The van der Waals surface area contributed by atoms with Gasteiger partial charge in [-0.15, -0.1) is 5.92 Å². The number of methoxy groups -OCH3 is 1. The summed E-state index contributed by atoms with van der Waals surface area (Å²) >= 11 is 0. The van der Waals surface area contributed by atoms with Gasteiger partial charge < -0.3 is 9.84 Å². The van der Waals surface area contributed by atoms with Crippen molar-refractivity contribution < 1.29 is 14.6 Å². The van der Waals surface area contributed by atoms with E-state index in [1.165, 1.54) is 7.11 Å². The number of rotatable bonds is 7. The molecule has 0 saturated heterocycles. The molecule has 0 rings (SSSR count). The molecule has 0 aromatic heterocycles. The van der Waals surface area contributed by atoms with Crippen molar-refractivity contribution in [2.75, 3.05) is 7.11 Å². The Kier molecular flexibility index (Phi) is 9.84. The van der Waals surface area contributed by atoms with E-state index in [1.807, 2.05) is 0 Å². The summed E-state index contributed by atoms with van der Waals surface area (Å²) in [6.45, 7) is 2.13. The van der Waals surface area contributed by atoms with Crippen molar-refractivity contribution in [3.63, 3.8) is 0 Å². The van der Waals surface area contributed by atoms with Crippen LogP contribution in [-0.2, 0) is 9.53 Å². The molecule has 0 aliphatic heterocycles. The average Bonchev–Trinajstić information content (AvgIpc) is 2.28. The van der Waals surface area contributed by atoms with E-state index in [-0.39, 0.29) is 5.97 Å². The molecule has 3 nitrogen and oxygen atoms in total. The van der Waals surface area contributed by atoms with Crippen molar-refractivity contribution in [3.8, 4) is 11.8 Å². The van der Waals surface area contributed by atoms with Crippen LogP contribution < -0.4 is 0 Å². The van der Waals surface area contributed by atoms with Gasteiger partial charge in [-0.2, -0.15) is 0 Å². The number of aliphatic hydroxyl groups excluding tert-OH is 1. The van der Waals surface area contributed by atoms with E-state index >= 15 is 0 Å². The second-order valence-electron chi connectivity index (χ2n) is 3.76. The Hall–Kier alpha value is -1.01. The lowest BCUT2D eigenvalue weighted by molar-refractivity contribution is -0.140. The van der Waals surface area contributed by atoms with Crippen molar-refractivity contribution in [2.45, 2.75) is 58.0 Å². The van der Waals surface area contributed by atoms with Crippen LogP contribution in [0.3, 0.4) is 0 Å². The molecule has 0 spiro atoms. The molecule has 16 heavy (non-hydrogen) atoms. The second kappa shape index (κ2) is 10.5. The van der Waals surface area contributed by atoms with Crippen molar-refractivity contribution in [1.82, 2.24) is 0 Å². The van der Waals surface area contributed by atoms with Crippen molar-refractivity contribution >= 4 is 5.97 Å². The Morgan fingerprint density at radius 2 is 2.12 bits per heavy atom. The Morgan fingerprint density at radius 3 is 2.75 bits per heavy atom. The number of unbranched alkanes of at least 4 members (excludes halogenated alkanes) is 3. The normalized spacial score (nSPS) is 11.4. The van der Waals surface area contributed by atoms with Crippen LogP contribution >= 0.6 is 0 Å². The van der Waals surface area contributed by atoms with E-state index in [2.05, 4.69) is 23.5 Å². The third-order valence-corrected chi connectivity index (χ3v) is 2.26. The third kappa shape index (κ3) is 9.54. The lowest BCUT2D eigenvalue weighted by Crippen LogP contribution is -2.02. The van der Waals surface area contributed by atoms with Crippen molar-refractivity contribution in [1.29, 1.82) is 0 Å². The van der Waals surface area contributed by atoms with E-state index in [0.29, 0.717) is 19.3 Å². The highest BCUT2D eigenvalue weighted by Crippen LogP contribution is 2.02. The highest BCUT2D eigenvalue weighted by Gasteiger charge is 1.99. The Balaban J connectivity index is 3.48. The molecule has 0 aliphatic carbocycles. The van der Waals surface area contributed by atoms with Crippen LogP contribution in [0.2, 0.25) is 0 Å². The maximum Gasteiger partial charge on any atom is 0.305 e. The van der Waals surface area contributed by atoms with E-state index in [0.717, 1.165) is 25.7 Å². The minimum atomic E-state index is -0.510. The number of carbonyl (C=O) groups is 1. The minimum Gasteiger partial charge on any atom is -0.469 e. The Labute approximate surface area is 98.2 Å². The highest BCUT2D eigenvalue weighted by atomic mass is 16.5. The lowest BCUT2D eigenvalue weighted by atomic mass is 10.1. The van der Waals surface area contributed by atoms with E-state index in [1.54, 1.807) is 0 Å². The van der Waals surface area contributed by atoms with Gasteiger partial charge in [0.25, 0.3) is 0 Å². The minimum absolute atomic E-state index is 0.203.